The fourth-order valence-electron chi connectivity index (χ4n) is 6.39. The molecule has 0 N–H and O–H groups in total. The van der Waals surface area contributed by atoms with Crippen LogP contribution in [-0.4, -0.2) is 66.3 Å². The van der Waals surface area contributed by atoms with Gasteiger partial charge in [-0.05, 0) is 83.1 Å². The predicted octanol–water partition coefficient (Wildman–Crippen LogP) is 5.29. The number of esters is 3. The number of benzene rings is 1. The molecule has 3 aliphatic heterocycles. The van der Waals surface area contributed by atoms with E-state index in [0.717, 1.165) is 15.2 Å². The second kappa shape index (κ2) is 10.6. The molecule has 246 valence electrons. The molecule has 0 unspecified atom stereocenters. The smallest absolute Gasteiger partial charge is 0.341 e. The van der Waals surface area contributed by atoms with Crippen molar-refractivity contribution in [2.45, 2.75) is 116 Å². The van der Waals surface area contributed by atoms with Gasteiger partial charge in [0.05, 0.1) is 16.7 Å². The summed E-state index contributed by atoms with van der Waals surface area (Å²) in [6.07, 6.45) is 4.59. The van der Waals surface area contributed by atoms with Crippen LogP contribution in [0.5, 0.6) is 17.2 Å². The predicted molar refractivity (Wildman–Crippen MR) is 168 cm³/mol. The zero-order chi connectivity index (χ0) is 34.3. The minimum absolute atomic E-state index is 0.120. The summed E-state index contributed by atoms with van der Waals surface area (Å²) in [7, 11) is 0. The second-order valence-electron chi connectivity index (χ2n) is 15.0. The minimum Gasteiger partial charge on any atom is -0.784 e. The molecule has 0 saturated heterocycles. The molecule has 3 heterocycles. The van der Waals surface area contributed by atoms with Gasteiger partial charge < -0.3 is 45.0 Å². The first-order chi connectivity index (χ1) is 20.2. The standard InChI is InChI=1S/C33H42N3O9/c1-28(2)16-22(31(7,8)34(28)40)25(37)43-19-13-20(44-26(38)23-17-29(3,4)35(41)32(23,9)10)15-21(14-19)45-27(39)24-18-30(5,6)36(42)33(24,11)12/h13-18H,1-12H3/q-3. The molecule has 12 nitrogen and oxygen atoms in total. The topological polar surface area (TPSA) is 158 Å². The number of hydrogen-bond acceptors (Lipinski definition) is 12. The molecule has 45 heavy (non-hydrogen) atoms. The van der Waals surface area contributed by atoms with Crippen molar-refractivity contribution in [2.24, 2.45) is 0 Å². The van der Waals surface area contributed by atoms with Crippen LogP contribution in [-0.2, 0) is 14.4 Å². The molecule has 1 aromatic carbocycles. The number of carbonyl (C=O) groups is 3. The number of rotatable bonds is 6. The highest BCUT2D eigenvalue weighted by molar-refractivity contribution is 5.96. The highest BCUT2D eigenvalue weighted by Crippen LogP contribution is 2.43. The first kappa shape index (κ1) is 34.5. The fourth-order valence-corrected chi connectivity index (χ4v) is 6.39. The molecule has 0 bridgehead atoms. The lowest BCUT2D eigenvalue weighted by Crippen LogP contribution is -2.47. The van der Waals surface area contributed by atoms with Crippen molar-refractivity contribution in [1.29, 1.82) is 0 Å². The van der Waals surface area contributed by atoms with Crippen LogP contribution in [0.4, 0.5) is 0 Å². The Morgan fingerprint density at radius 1 is 0.467 bits per heavy atom. The highest BCUT2D eigenvalue weighted by atomic mass is 16.6. The number of nitrogens with zero attached hydrogens (tertiary/aromatic N) is 3. The number of hydroxylamine groups is 6. The average molecular weight is 625 g/mol. The van der Waals surface area contributed by atoms with Gasteiger partial charge in [0.2, 0.25) is 0 Å². The van der Waals surface area contributed by atoms with Crippen molar-refractivity contribution in [1.82, 2.24) is 15.2 Å². The molecule has 12 heteroatoms. The van der Waals surface area contributed by atoms with E-state index in [1.165, 1.54) is 36.4 Å². The van der Waals surface area contributed by atoms with Gasteiger partial charge in [0.25, 0.3) is 0 Å². The van der Waals surface area contributed by atoms with Crippen molar-refractivity contribution < 1.29 is 28.6 Å². The molecule has 0 fully saturated rings. The Labute approximate surface area is 264 Å². The number of hydrogen-bond donors (Lipinski definition) is 0. The largest absolute Gasteiger partial charge is 0.784 e. The van der Waals surface area contributed by atoms with Gasteiger partial charge >= 0.3 is 17.9 Å². The summed E-state index contributed by atoms with van der Waals surface area (Å²) in [4.78, 5) is 40.1. The lowest BCUT2D eigenvalue weighted by molar-refractivity contribution is -0.131. The maximum absolute atomic E-state index is 13.4. The van der Waals surface area contributed by atoms with E-state index in [-0.39, 0.29) is 34.0 Å². The van der Waals surface area contributed by atoms with Crippen LogP contribution in [0.25, 0.3) is 0 Å². The SMILES string of the molecule is CC1(C)C=C(C(=O)Oc2cc(OC(=O)C3=CC(C)(C)N([O-])C3(C)C)cc(OC(=O)C3=CC(C)(C)N([O-])C3(C)C)c2)C(C)(C)N1[O-]. The van der Waals surface area contributed by atoms with E-state index in [1.54, 1.807) is 83.1 Å². The van der Waals surface area contributed by atoms with Crippen LogP contribution >= 0.6 is 0 Å². The van der Waals surface area contributed by atoms with Gasteiger partial charge in [-0.2, -0.15) is 0 Å². The highest BCUT2D eigenvalue weighted by Gasteiger charge is 2.46. The Bertz CT molecular complexity index is 1350. The molecule has 4 rings (SSSR count). The van der Waals surface area contributed by atoms with E-state index < -0.39 is 51.1 Å². The van der Waals surface area contributed by atoms with E-state index in [2.05, 4.69) is 0 Å². The second-order valence-corrected chi connectivity index (χ2v) is 15.0. The van der Waals surface area contributed by atoms with Gasteiger partial charge in [-0.1, -0.05) is 18.2 Å². The van der Waals surface area contributed by atoms with Crippen LogP contribution in [0.3, 0.4) is 0 Å². The first-order valence-electron chi connectivity index (χ1n) is 14.7. The molecular formula is C33H42N3O9-3. The number of carbonyl (C=O) groups excluding carboxylic acids is 3. The van der Waals surface area contributed by atoms with Crippen molar-refractivity contribution in [3.8, 4) is 17.2 Å². The summed E-state index contributed by atoms with van der Waals surface area (Å²) in [6, 6.07) is 3.79. The first-order valence-corrected chi connectivity index (χ1v) is 14.7. The molecule has 0 radical (unpaired) electrons. The summed E-state index contributed by atoms with van der Waals surface area (Å²) in [5.41, 5.74) is -6.14. The van der Waals surface area contributed by atoms with Crippen molar-refractivity contribution >= 4 is 17.9 Å². The third-order valence-electron chi connectivity index (χ3n) is 8.71. The summed E-state index contributed by atoms with van der Waals surface area (Å²) >= 11 is 0. The van der Waals surface area contributed by atoms with E-state index >= 15 is 0 Å². The van der Waals surface area contributed by atoms with Crippen molar-refractivity contribution in [2.75, 3.05) is 0 Å². The van der Waals surface area contributed by atoms with Crippen LogP contribution in [0.2, 0.25) is 0 Å². The Hall–Kier alpha value is -3.39. The van der Waals surface area contributed by atoms with E-state index in [0.29, 0.717) is 0 Å². The van der Waals surface area contributed by atoms with Gasteiger partial charge in [-0.3, -0.25) is 0 Å². The lowest BCUT2D eigenvalue weighted by Gasteiger charge is -2.47. The normalized spacial score (nSPS) is 24.5. The van der Waals surface area contributed by atoms with Crippen LogP contribution in [0.15, 0.2) is 53.1 Å². The molecule has 0 atom stereocenters. The van der Waals surface area contributed by atoms with Gasteiger partial charge in [0.15, 0.2) is 0 Å². The van der Waals surface area contributed by atoms with Crippen LogP contribution in [0.1, 0.15) is 83.1 Å². The Kier molecular flexibility index (Phi) is 8.11. The monoisotopic (exact) mass is 624 g/mol. The maximum atomic E-state index is 13.4. The van der Waals surface area contributed by atoms with Crippen LogP contribution < -0.4 is 14.2 Å². The molecule has 0 aromatic heterocycles. The molecule has 0 amide bonds. The summed E-state index contributed by atoms with van der Waals surface area (Å²) in [5, 5.41) is 40.9. The fraction of sp³-hybridized carbons (Fsp3) is 0.545. The summed E-state index contributed by atoms with van der Waals surface area (Å²) in [5.74, 6) is -2.87. The summed E-state index contributed by atoms with van der Waals surface area (Å²) < 4.78 is 17.0. The molecule has 0 aliphatic carbocycles. The molecule has 0 saturated carbocycles. The third kappa shape index (κ3) is 5.86. The number of ether oxygens (including phenoxy) is 3. The lowest BCUT2D eigenvalue weighted by atomic mass is 9.96. The Morgan fingerprint density at radius 3 is 0.822 bits per heavy atom. The van der Waals surface area contributed by atoms with Crippen LogP contribution in [0, 0.1) is 15.6 Å². The van der Waals surface area contributed by atoms with E-state index in [4.69, 9.17) is 14.2 Å². The minimum atomic E-state index is -1.20. The molecule has 1 aromatic rings. The van der Waals surface area contributed by atoms with Crippen molar-refractivity contribution in [3.05, 3.63) is 68.8 Å². The van der Waals surface area contributed by atoms with E-state index in [9.17, 15) is 30.0 Å². The quantitative estimate of drug-likeness (QED) is 0.298. The van der Waals surface area contributed by atoms with Crippen molar-refractivity contribution in [3.63, 3.8) is 0 Å². The van der Waals surface area contributed by atoms with Gasteiger partial charge in [-0.15, -0.1) is 0 Å². The maximum Gasteiger partial charge on any atom is 0.341 e. The van der Waals surface area contributed by atoms with E-state index in [1.807, 2.05) is 0 Å². The average Bonchev–Trinajstić information content (AvgIpc) is 3.26. The Balaban J connectivity index is 1.70. The summed E-state index contributed by atoms with van der Waals surface area (Å²) in [6.45, 7) is 19.6. The van der Waals surface area contributed by atoms with Gasteiger partial charge in [0.1, 0.15) is 17.2 Å². The molecule has 0 spiro atoms. The molecular weight excluding hydrogens is 582 g/mol. The zero-order valence-corrected chi connectivity index (χ0v) is 28.0. The Morgan fingerprint density at radius 2 is 0.667 bits per heavy atom. The molecule has 3 aliphatic rings. The van der Waals surface area contributed by atoms with Gasteiger partial charge in [0, 0.05) is 51.4 Å². The third-order valence-corrected chi connectivity index (χ3v) is 8.71. The zero-order valence-electron chi connectivity index (χ0n) is 28.0. The van der Waals surface area contributed by atoms with Gasteiger partial charge in [-0.25, -0.2) is 14.4 Å².